The van der Waals surface area contributed by atoms with Crippen molar-refractivity contribution >= 4 is 22.4 Å². The molecule has 6 nitrogen and oxygen atoms in total. The van der Waals surface area contributed by atoms with Gasteiger partial charge >= 0.3 is 0 Å². The van der Waals surface area contributed by atoms with Crippen LogP contribution in [0.3, 0.4) is 0 Å². The number of nitriles is 1. The first kappa shape index (κ1) is 17.1. The molecule has 0 saturated heterocycles. The third kappa shape index (κ3) is 3.24. The molecule has 1 saturated carbocycles. The molecule has 0 N–H and O–H groups in total. The van der Waals surface area contributed by atoms with Crippen molar-refractivity contribution in [2.45, 2.75) is 12.8 Å². The minimum absolute atomic E-state index is 0.104. The van der Waals surface area contributed by atoms with E-state index in [2.05, 4.69) is 16.0 Å². The van der Waals surface area contributed by atoms with E-state index < -0.39 is 0 Å². The molecule has 4 rings (SSSR count). The van der Waals surface area contributed by atoms with E-state index in [1.807, 2.05) is 24.3 Å². The zero-order valence-corrected chi connectivity index (χ0v) is 15.3. The number of nitrogens with zero attached hydrogens (tertiary/aromatic N) is 4. The molecule has 136 valence electrons. The van der Waals surface area contributed by atoms with Crippen LogP contribution < -0.4 is 15.2 Å². The fourth-order valence-corrected chi connectivity index (χ4v) is 3.26. The summed E-state index contributed by atoms with van der Waals surface area (Å²) in [5.41, 5.74) is 3.26. The maximum atomic E-state index is 12.6. The molecule has 1 aromatic carbocycles. The van der Waals surface area contributed by atoms with E-state index in [1.54, 1.807) is 36.9 Å². The summed E-state index contributed by atoms with van der Waals surface area (Å²) in [6, 6.07) is 14.9. The van der Waals surface area contributed by atoms with Gasteiger partial charge < -0.3 is 14.2 Å². The Morgan fingerprint density at radius 3 is 2.81 bits per heavy atom. The van der Waals surface area contributed by atoms with Crippen LogP contribution >= 0.6 is 0 Å². The molecule has 1 aliphatic carbocycles. The maximum absolute atomic E-state index is 12.6. The number of rotatable bonds is 5. The number of methoxy groups -OCH3 is 1. The Hall–Kier alpha value is -3.33. The van der Waals surface area contributed by atoms with Gasteiger partial charge in [0.05, 0.1) is 18.3 Å². The molecule has 2 aromatic heterocycles. The average Bonchev–Trinajstić information content (AvgIpc) is 3.53. The monoisotopic (exact) mass is 360 g/mol. The highest BCUT2D eigenvalue weighted by Crippen LogP contribution is 2.37. The summed E-state index contributed by atoms with van der Waals surface area (Å²) in [5, 5.41) is 9.28. The van der Waals surface area contributed by atoms with Crippen LogP contribution in [0, 0.1) is 17.2 Å². The molecule has 1 fully saturated rings. The number of hydrogen-bond donors (Lipinski definition) is 0. The number of anilines is 2. The second kappa shape index (κ2) is 6.76. The summed E-state index contributed by atoms with van der Waals surface area (Å²) in [4.78, 5) is 19.2. The normalized spacial score (nSPS) is 13.4. The number of aromatic nitrogens is 2. The minimum Gasteiger partial charge on any atom is -0.497 e. The molecule has 0 radical (unpaired) electrons. The summed E-state index contributed by atoms with van der Waals surface area (Å²) >= 11 is 0. The Balaban J connectivity index is 1.96. The first-order valence-corrected chi connectivity index (χ1v) is 8.93. The zero-order chi connectivity index (χ0) is 19.0. The smallest absolute Gasteiger partial charge is 0.252 e. The lowest BCUT2D eigenvalue weighted by molar-refractivity contribution is 0.415. The molecular formula is C21H20N4O2. The topological polar surface area (TPSA) is 71.2 Å². The van der Waals surface area contributed by atoms with Gasteiger partial charge in [-0.3, -0.25) is 4.79 Å². The standard InChI is InChI=1S/C21H20N4O2/c1-24-18-9-8-15(12-22)23-21(18)19(11-20(24)26)25(13-14-6-7-14)16-4-3-5-17(10-16)27-2/h3-5,8-11,14H,6-7,13H2,1-2H3. The first-order chi connectivity index (χ1) is 13.1. The SMILES string of the molecule is COc1cccc(N(CC2CC2)c2cc(=O)n(C)c3ccc(C#N)nc23)c1. The molecule has 0 spiro atoms. The van der Waals surface area contributed by atoms with Crippen molar-refractivity contribution in [3.8, 4) is 11.8 Å². The number of ether oxygens (including phenoxy) is 1. The number of aryl methyl sites for hydroxylation is 1. The Labute approximate surface area is 157 Å². The summed E-state index contributed by atoms with van der Waals surface area (Å²) in [6.07, 6.45) is 2.36. The zero-order valence-electron chi connectivity index (χ0n) is 15.3. The average molecular weight is 360 g/mol. The molecule has 1 aliphatic rings. The van der Waals surface area contributed by atoms with E-state index >= 15 is 0 Å². The largest absolute Gasteiger partial charge is 0.497 e. The van der Waals surface area contributed by atoms with Crippen LogP contribution in [0.25, 0.3) is 11.0 Å². The van der Waals surface area contributed by atoms with Gasteiger partial charge in [-0.15, -0.1) is 0 Å². The van der Waals surface area contributed by atoms with Crippen LogP contribution in [0.4, 0.5) is 11.4 Å². The number of benzene rings is 1. The second-order valence-corrected chi connectivity index (χ2v) is 6.86. The highest BCUT2D eigenvalue weighted by molar-refractivity contribution is 5.91. The van der Waals surface area contributed by atoms with Crippen LogP contribution in [0.1, 0.15) is 18.5 Å². The van der Waals surface area contributed by atoms with Gasteiger partial charge in [0, 0.05) is 31.4 Å². The van der Waals surface area contributed by atoms with Crippen LogP contribution in [0.2, 0.25) is 0 Å². The number of fused-ring (bicyclic) bond motifs is 1. The Kier molecular flexibility index (Phi) is 4.28. The lowest BCUT2D eigenvalue weighted by Gasteiger charge is -2.26. The highest BCUT2D eigenvalue weighted by atomic mass is 16.5. The van der Waals surface area contributed by atoms with Gasteiger partial charge in [0.1, 0.15) is 23.0 Å². The summed E-state index contributed by atoms with van der Waals surface area (Å²) in [6.45, 7) is 0.800. The summed E-state index contributed by atoms with van der Waals surface area (Å²) in [7, 11) is 3.36. The molecule has 3 aromatic rings. The number of hydrogen-bond acceptors (Lipinski definition) is 5. The van der Waals surface area contributed by atoms with E-state index in [4.69, 9.17) is 4.74 Å². The molecule has 0 unspecified atom stereocenters. The fraction of sp³-hybridized carbons (Fsp3) is 0.286. The summed E-state index contributed by atoms with van der Waals surface area (Å²) in [5.74, 6) is 1.35. The van der Waals surface area contributed by atoms with Gasteiger partial charge in [-0.1, -0.05) is 6.07 Å². The van der Waals surface area contributed by atoms with E-state index in [-0.39, 0.29) is 5.56 Å². The van der Waals surface area contributed by atoms with Crippen molar-refractivity contribution in [1.82, 2.24) is 9.55 Å². The Bertz CT molecular complexity index is 1110. The van der Waals surface area contributed by atoms with Gasteiger partial charge in [0.2, 0.25) is 0 Å². The third-order valence-electron chi connectivity index (χ3n) is 4.98. The van der Waals surface area contributed by atoms with Gasteiger partial charge in [0.15, 0.2) is 0 Å². The quantitative estimate of drug-likeness (QED) is 0.698. The van der Waals surface area contributed by atoms with Crippen LogP contribution in [0.15, 0.2) is 47.3 Å². The molecule has 0 atom stereocenters. The lowest BCUT2D eigenvalue weighted by Crippen LogP contribution is -2.25. The highest BCUT2D eigenvalue weighted by Gasteiger charge is 2.27. The van der Waals surface area contributed by atoms with E-state index in [9.17, 15) is 10.1 Å². The lowest BCUT2D eigenvalue weighted by atomic mass is 10.2. The van der Waals surface area contributed by atoms with E-state index in [0.717, 1.165) is 23.7 Å². The molecule has 2 heterocycles. The number of pyridine rings is 2. The second-order valence-electron chi connectivity index (χ2n) is 6.86. The van der Waals surface area contributed by atoms with Gasteiger partial charge in [0.25, 0.3) is 5.56 Å². The Morgan fingerprint density at radius 1 is 1.30 bits per heavy atom. The van der Waals surface area contributed by atoms with Crippen molar-refractivity contribution in [1.29, 1.82) is 5.26 Å². The van der Waals surface area contributed by atoms with Gasteiger partial charge in [-0.05, 0) is 43.0 Å². The molecule has 0 bridgehead atoms. The maximum Gasteiger partial charge on any atom is 0.252 e. The van der Waals surface area contributed by atoms with Gasteiger partial charge in [-0.25, -0.2) is 4.98 Å². The van der Waals surface area contributed by atoms with Crippen molar-refractivity contribution in [3.63, 3.8) is 0 Å². The molecule has 27 heavy (non-hydrogen) atoms. The summed E-state index contributed by atoms with van der Waals surface area (Å²) < 4.78 is 6.94. The third-order valence-corrected chi connectivity index (χ3v) is 4.98. The van der Waals surface area contributed by atoms with Crippen molar-refractivity contribution in [2.75, 3.05) is 18.6 Å². The van der Waals surface area contributed by atoms with Crippen LogP contribution in [-0.2, 0) is 7.05 Å². The van der Waals surface area contributed by atoms with E-state index in [0.29, 0.717) is 22.6 Å². The molecule has 6 heteroatoms. The van der Waals surface area contributed by atoms with Crippen molar-refractivity contribution in [2.24, 2.45) is 13.0 Å². The van der Waals surface area contributed by atoms with Gasteiger partial charge in [-0.2, -0.15) is 5.26 Å². The molecule has 0 amide bonds. The molecular weight excluding hydrogens is 340 g/mol. The van der Waals surface area contributed by atoms with Crippen molar-refractivity contribution in [3.05, 3.63) is 58.5 Å². The first-order valence-electron chi connectivity index (χ1n) is 8.93. The van der Waals surface area contributed by atoms with E-state index in [1.165, 1.54) is 12.8 Å². The van der Waals surface area contributed by atoms with Crippen LogP contribution in [0.5, 0.6) is 5.75 Å². The predicted octanol–water partition coefficient (Wildman–Crippen LogP) is 3.36. The predicted molar refractivity (Wildman–Crippen MR) is 104 cm³/mol. The fourth-order valence-electron chi connectivity index (χ4n) is 3.26. The Morgan fingerprint density at radius 2 is 2.11 bits per heavy atom. The minimum atomic E-state index is -0.104. The molecule has 0 aliphatic heterocycles. The van der Waals surface area contributed by atoms with Crippen molar-refractivity contribution < 1.29 is 4.74 Å². The van der Waals surface area contributed by atoms with Crippen LogP contribution in [-0.4, -0.2) is 23.2 Å².